The fourth-order valence-corrected chi connectivity index (χ4v) is 9.08. The molecular formula is C45H53ClN10O4. The van der Waals surface area contributed by atoms with Crippen LogP contribution in [0.3, 0.4) is 0 Å². The molecule has 4 amide bonds. The zero-order valence-electron chi connectivity index (χ0n) is 34.0. The van der Waals surface area contributed by atoms with Crippen LogP contribution in [0.2, 0.25) is 5.02 Å². The van der Waals surface area contributed by atoms with E-state index in [1.165, 1.54) is 6.20 Å². The summed E-state index contributed by atoms with van der Waals surface area (Å²) < 4.78 is 0. The van der Waals surface area contributed by atoms with E-state index in [-0.39, 0.29) is 29.6 Å². The van der Waals surface area contributed by atoms with E-state index in [2.05, 4.69) is 75.1 Å². The van der Waals surface area contributed by atoms with Crippen molar-refractivity contribution in [1.82, 2.24) is 30.4 Å². The molecule has 314 valence electrons. The van der Waals surface area contributed by atoms with Crippen LogP contribution >= 0.6 is 11.6 Å². The quantitative estimate of drug-likeness (QED) is 0.136. The molecule has 0 radical (unpaired) electrons. The molecule has 8 rings (SSSR count). The van der Waals surface area contributed by atoms with Gasteiger partial charge in [-0.05, 0) is 105 Å². The fourth-order valence-electron chi connectivity index (χ4n) is 8.95. The van der Waals surface area contributed by atoms with Crippen LogP contribution in [0.25, 0.3) is 0 Å². The standard InChI is InChI=1S/C45H53ClN10O4/c1-47-42(58)37-7-2-3-8-39(37)50-41-38(46)28-48-45(52-41)49-33-9-11-34(12-10-33)55-23-25-56(26-24-55)44(60)31-17-19-53(20-18-31)29-30-15-21-54(22-16-30)35-6-4-5-32(27-35)36-13-14-40(57)51-43(36)59/h2-12,27-28,30-31,36H,13-26,29H2,1H3,(H,47,58)(H,51,57,59)(H2,48,49,50,52). The van der Waals surface area contributed by atoms with Crippen molar-refractivity contribution >= 4 is 69.7 Å². The number of carbonyl (C=O) groups is 4. The van der Waals surface area contributed by atoms with Gasteiger partial charge in [-0.25, -0.2) is 4.98 Å². The van der Waals surface area contributed by atoms with Gasteiger partial charge in [-0.2, -0.15) is 4.98 Å². The highest BCUT2D eigenvalue weighted by molar-refractivity contribution is 6.33. The van der Waals surface area contributed by atoms with Crippen molar-refractivity contribution < 1.29 is 19.2 Å². The van der Waals surface area contributed by atoms with Crippen molar-refractivity contribution in [2.24, 2.45) is 11.8 Å². The lowest BCUT2D eigenvalue weighted by Gasteiger charge is -2.40. The molecule has 4 saturated heterocycles. The molecule has 4 fully saturated rings. The van der Waals surface area contributed by atoms with Crippen molar-refractivity contribution in [2.75, 3.05) is 86.4 Å². The highest BCUT2D eigenvalue weighted by atomic mass is 35.5. The first kappa shape index (κ1) is 41.0. The zero-order chi connectivity index (χ0) is 41.6. The van der Waals surface area contributed by atoms with Crippen molar-refractivity contribution in [2.45, 2.75) is 44.4 Å². The van der Waals surface area contributed by atoms with Gasteiger partial charge in [-0.1, -0.05) is 35.9 Å². The Morgan fingerprint density at radius 3 is 2.27 bits per heavy atom. The van der Waals surface area contributed by atoms with Crippen LogP contribution in [0.5, 0.6) is 0 Å². The van der Waals surface area contributed by atoms with Gasteiger partial charge >= 0.3 is 0 Å². The molecule has 0 aliphatic carbocycles. The molecule has 14 nitrogen and oxygen atoms in total. The number of rotatable bonds is 11. The van der Waals surface area contributed by atoms with Gasteiger partial charge < -0.3 is 35.6 Å². The van der Waals surface area contributed by atoms with Crippen molar-refractivity contribution in [3.8, 4) is 0 Å². The second-order valence-corrected chi connectivity index (χ2v) is 16.6. The Balaban J connectivity index is 0.756. The molecule has 4 aromatic rings. The third-order valence-electron chi connectivity index (χ3n) is 12.4. The maximum atomic E-state index is 13.6. The second-order valence-electron chi connectivity index (χ2n) is 16.2. The maximum absolute atomic E-state index is 13.6. The van der Waals surface area contributed by atoms with Crippen LogP contribution < -0.4 is 31.1 Å². The molecule has 3 aromatic carbocycles. The Labute approximate surface area is 356 Å². The van der Waals surface area contributed by atoms with Crippen LogP contribution in [0, 0.1) is 11.8 Å². The topological polar surface area (TPSA) is 155 Å². The largest absolute Gasteiger partial charge is 0.372 e. The molecular weight excluding hydrogens is 780 g/mol. The minimum Gasteiger partial charge on any atom is -0.372 e. The smallest absolute Gasteiger partial charge is 0.253 e. The van der Waals surface area contributed by atoms with Crippen LogP contribution in [-0.2, 0) is 14.4 Å². The Bertz CT molecular complexity index is 2180. The average Bonchev–Trinajstić information content (AvgIpc) is 3.28. The van der Waals surface area contributed by atoms with E-state index in [1.54, 1.807) is 25.2 Å². The molecule has 4 N–H and O–H groups in total. The summed E-state index contributed by atoms with van der Waals surface area (Å²) in [6.07, 6.45) is 6.54. The number of hydrogen-bond donors (Lipinski definition) is 4. The molecule has 4 aliphatic rings. The summed E-state index contributed by atoms with van der Waals surface area (Å²) in [5.41, 5.74) is 5.10. The molecule has 5 heterocycles. The number of halogens is 1. The van der Waals surface area contributed by atoms with E-state index in [0.717, 1.165) is 94.1 Å². The van der Waals surface area contributed by atoms with Gasteiger partial charge in [0.2, 0.25) is 23.7 Å². The summed E-state index contributed by atoms with van der Waals surface area (Å²) in [5.74, 6) is 0.908. The van der Waals surface area contributed by atoms with Crippen LogP contribution in [0.1, 0.15) is 60.4 Å². The molecule has 1 unspecified atom stereocenters. The summed E-state index contributed by atoms with van der Waals surface area (Å²) in [5, 5.41) is 11.9. The van der Waals surface area contributed by atoms with Crippen LogP contribution in [0.15, 0.2) is 79.0 Å². The molecule has 60 heavy (non-hydrogen) atoms. The zero-order valence-corrected chi connectivity index (χ0v) is 34.8. The minimum atomic E-state index is -0.264. The van der Waals surface area contributed by atoms with Crippen LogP contribution in [0.4, 0.5) is 34.5 Å². The van der Waals surface area contributed by atoms with Gasteiger partial charge in [-0.3, -0.25) is 24.5 Å². The highest BCUT2D eigenvalue weighted by Crippen LogP contribution is 2.32. The minimum absolute atomic E-state index is 0.0908. The van der Waals surface area contributed by atoms with E-state index in [9.17, 15) is 19.2 Å². The Morgan fingerprint density at radius 2 is 1.53 bits per heavy atom. The Hall–Kier alpha value is -5.73. The van der Waals surface area contributed by atoms with Crippen LogP contribution in [-0.4, -0.2) is 109 Å². The number of likely N-dealkylation sites (tertiary alicyclic amines) is 1. The number of aromatic nitrogens is 2. The van der Waals surface area contributed by atoms with Crippen molar-refractivity contribution in [3.63, 3.8) is 0 Å². The summed E-state index contributed by atoms with van der Waals surface area (Å²) in [4.78, 5) is 68.3. The number of piperazine rings is 1. The predicted octanol–water partition coefficient (Wildman–Crippen LogP) is 5.77. The van der Waals surface area contributed by atoms with Gasteiger partial charge in [0.05, 0.1) is 23.4 Å². The highest BCUT2D eigenvalue weighted by Gasteiger charge is 2.32. The Morgan fingerprint density at radius 1 is 0.800 bits per heavy atom. The summed E-state index contributed by atoms with van der Waals surface area (Å²) in [6.45, 7) is 7.98. The monoisotopic (exact) mass is 832 g/mol. The number of benzene rings is 3. The van der Waals surface area contributed by atoms with E-state index in [0.29, 0.717) is 65.8 Å². The third kappa shape index (κ3) is 9.66. The first-order valence-corrected chi connectivity index (χ1v) is 21.5. The van der Waals surface area contributed by atoms with Gasteiger partial charge in [0.25, 0.3) is 5.91 Å². The second kappa shape index (κ2) is 18.7. The number of carbonyl (C=O) groups excluding carboxylic acids is 4. The number of nitrogens with zero attached hydrogens (tertiary/aromatic N) is 6. The SMILES string of the molecule is CNC(=O)c1ccccc1Nc1nc(Nc2ccc(N3CCN(C(=O)C4CCN(CC5CCN(c6cccc(C7CCC(=O)NC7=O)c6)CC5)CC4)CC3)cc2)ncc1Cl. The van der Waals surface area contributed by atoms with Gasteiger partial charge in [-0.15, -0.1) is 0 Å². The van der Waals surface area contributed by atoms with E-state index in [1.807, 2.05) is 30.3 Å². The number of amides is 4. The third-order valence-corrected chi connectivity index (χ3v) is 12.7. The normalized spacial score (nSPS) is 19.5. The van der Waals surface area contributed by atoms with Gasteiger partial charge in [0, 0.05) is 82.3 Å². The lowest BCUT2D eigenvalue weighted by Crippen LogP contribution is -2.52. The first-order valence-electron chi connectivity index (χ1n) is 21.1. The Kier molecular flexibility index (Phi) is 12.8. The lowest BCUT2D eigenvalue weighted by atomic mass is 9.89. The molecule has 0 spiro atoms. The molecule has 4 aliphatic heterocycles. The number of anilines is 6. The number of imide groups is 1. The molecule has 0 bridgehead atoms. The average molecular weight is 833 g/mol. The van der Waals surface area contributed by atoms with Gasteiger partial charge in [0.15, 0.2) is 5.82 Å². The molecule has 1 atom stereocenters. The van der Waals surface area contributed by atoms with E-state index >= 15 is 0 Å². The fraction of sp³-hybridized carbons (Fsp3) is 0.422. The molecule has 15 heteroatoms. The van der Waals surface area contributed by atoms with Crippen molar-refractivity contribution in [1.29, 1.82) is 0 Å². The maximum Gasteiger partial charge on any atom is 0.253 e. The van der Waals surface area contributed by atoms with E-state index in [4.69, 9.17) is 11.6 Å². The number of nitrogens with one attached hydrogen (secondary N) is 4. The van der Waals surface area contributed by atoms with Crippen molar-refractivity contribution in [3.05, 3.63) is 95.1 Å². The lowest BCUT2D eigenvalue weighted by molar-refractivity contribution is -0.137. The number of para-hydroxylation sites is 1. The predicted molar refractivity (Wildman–Crippen MR) is 234 cm³/mol. The number of hydrogen-bond acceptors (Lipinski definition) is 11. The van der Waals surface area contributed by atoms with Gasteiger partial charge in [0.1, 0.15) is 5.02 Å². The summed E-state index contributed by atoms with van der Waals surface area (Å²) >= 11 is 6.42. The number of piperidine rings is 3. The molecule has 0 saturated carbocycles. The summed E-state index contributed by atoms with van der Waals surface area (Å²) in [7, 11) is 1.58. The first-order chi connectivity index (χ1) is 29.2. The molecule has 1 aromatic heterocycles. The van der Waals surface area contributed by atoms with E-state index < -0.39 is 0 Å². The summed E-state index contributed by atoms with van der Waals surface area (Å²) in [6, 6.07) is 23.5.